The molecule has 1 aromatic carbocycles. The topological polar surface area (TPSA) is 65.8 Å². The maximum atomic E-state index is 13.5. The van der Waals surface area contributed by atoms with Crippen molar-refractivity contribution in [2.75, 3.05) is 0 Å². The van der Waals surface area contributed by atoms with Crippen molar-refractivity contribution in [1.29, 1.82) is 0 Å². The molecule has 1 amide bonds. The number of amides is 1. The van der Waals surface area contributed by atoms with Crippen LogP contribution in [0.15, 0.2) is 53.9 Å². The van der Waals surface area contributed by atoms with Crippen LogP contribution in [0.5, 0.6) is 0 Å². The molecule has 1 aliphatic rings. The van der Waals surface area contributed by atoms with Crippen LogP contribution in [0.3, 0.4) is 0 Å². The summed E-state index contributed by atoms with van der Waals surface area (Å²) in [7, 11) is 0. The summed E-state index contributed by atoms with van der Waals surface area (Å²) in [5, 5.41) is 14.0. The minimum absolute atomic E-state index is 0.0374. The smallest absolute Gasteiger partial charge is 0.362 e. The van der Waals surface area contributed by atoms with Gasteiger partial charge in [0.25, 0.3) is 11.6 Å². The van der Waals surface area contributed by atoms with Gasteiger partial charge in [-0.3, -0.25) is 9.78 Å². The van der Waals surface area contributed by atoms with E-state index in [0.29, 0.717) is 5.56 Å². The van der Waals surface area contributed by atoms with Crippen molar-refractivity contribution in [2.24, 2.45) is 5.10 Å². The van der Waals surface area contributed by atoms with Crippen molar-refractivity contribution >= 4 is 23.2 Å². The van der Waals surface area contributed by atoms with Crippen LogP contribution in [0, 0.1) is 0 Å². The van der Waals surface area contributed by atoms with Gasteiger partial charge in [-0.05, 0) is 24.3 Å². The zero-order chi connectivity index (χ0) is 18.2. The molecule has 1 unspecified atom stereocenters. The number of nitrogens with zero attached hydrogens (tertiary/aromatic N) is 3. The Balaban J connectivity index is 2.08. The van der Waals surface area contributed by atoms with Crippen LogP contribution in [0.25, 0.3) is 0 Å². The summed E-state index contributed by atoms with van der Waals surface area (Å²) >= 11 is 5.89. The maximum absolute atomic E-state index is 13.5. The third-order valence-corrected chi connectivity index (χ3v) is 4.08. The second kappa shape index (κ2) is 6.12. The molecule has 0 bridgehead atoms. The van der Waals surface area contributed by atoms with Gasteiger partial charge in [-0.2, -0.15) is 23.3 Å². The van der Waals surface area contributed by atoms with Gasteiger partial charge in [0.05, 0.1) is 22.7 Å². The summed E-state index contributed by atoms with van der Waals surface area (Å²) in [6.45, 7) is 0. The van der Waals surface area contributed by atoms with Gasteiger partial charge in [0.15, 0.2) is 0 Å². The van der Waals surface area contributed by atoms with E-state index in [9.17, 15) is 23.1 Å². The normalized spacial score (nSPS) is 20.5. The SMILES string of the molecule is O=C(c1ccccc1Cl)N1N=C(c2ccncc2)CC1(O)C(F)(F)F. The van der Waals surface area contributed by atoms with Crippen LogP contribution < -0.4 is 0 Å². The molecule has 2 aromatic rings. The van der Waals surface area contributed by atoms with E-state index in [1.165, 1.54) is 48.8 Å². The Morgan fingerprint density at radius 3 is 2.44 bits per heavy atom. The Bertz CT molecular complexity index is 842. The van der Waals surface area contributed by atoms with Crippen molar-refractivity contribution in [2.45, 2.75) is 18.3 Å². The Kier molecular flexibility index (Phi) is 4.26. The highest BCUT2D eigenvalue weighted by atomic mass is 35.5. The number of aromatic nitrogens is 1. The summed E-state index contributed by atoms with van der Waals surface area (Å²) < 4.78 is 40.5. The fraction of sp³-hybridized carbons (Fsp3) is 0.188. The summed E-state index contributed by atoms with van der Waals surface area (Å²) in [6.07, 6.45) is -3.25. The van der Waals surface area contributed by atoms with Gasteiger partial charge in [-0.15, -0.1) is 0 Å². The third kappa shape index (κ3) is 2.98. The van der Waals surface area contributed by atoms with E-state index in [4.69, 9.17) is 11.6 Å². The van der Waals surface area contributed by atoms with Gasteiger partial charge in [-0.25, -0.2) is 0 Å². The predicted molar refractivity (Wildman–Crippen MR) is 84.0 cm³/mol. The van der Waals surface area contributed by atoms with E-state index in [1.807, 2.05) is 0 Å². The molecule has 0 fully saturated rings. The molecule has 0 aliphatic carbocycles. The molecular formula is C16H11ClF3N3O2. The fourth-order valence-electron chi connectivity index (χ4n) is 2.43. The molecule has 5 nitrogen and oxygen atoms in total. The zero-order valence-corrected chi connectivity index (χ0v) is 13.3. The van der Waals surface area contributed by atoms with Crippen LogP contribution >= 0.6 is 11.6 Å². The van der Waals surface area contributed by atoms with Crippen LogP contribution in [-0.2, 0) is 0 Å². The summed E-state index contributed by atoms with van der Waals surface area (Å²) in [4.78, 5) is 16.3. The van der Waals surface area contributed by atoms with Crippen molar-refractivity contribution in [3.05, 3.63) is 64.9 Å². The van der Waals surface area contributed by atoms with E-state index < -0.39 is 24.2 Å². The number of alkyl halides is 3. The highest BCUT2D eigenvalue weighted by Crippen LogP contribution is 2.42. The lowest BCUT2D eigenvalue weighted by Crippen LogP contribution is -2.56. The second-order valence-corrected chi connectivity index (χ2v) is 5.78. The van der Waals surface area contributed by atoms with Gasteiger partial charge in [-0.1, -0.05) is 23.7 Å². The molecule has 9 heteroatoms. The molecule has 0 saturated heterocycles. The lowest BCUT2D eigenvalue weighted by atomic mass is 10.0. The van der Waals surface area contributed by atoms with Crippen molar-refractivity contribution < 1.29 is 23.1 Å². The molecule has 2 heterocycles. The Labute approximate surface area is 145 Å². The number of hydrogen-bond acceptors (Lipinski definition) is 4. The number of benzene rings is 1. The molecule has 0 spiro atoms. The molecule has 130 valence electrons. The first kappa shape index (κ1) is 17.4. The number of pyridine rings is 1. The molecule has 25 heavy (non-hydrogen) atoms. The standard InChI is InChI=1S/C16H11ClF3N3O2/c17-12-4-2-1-3-11(12)14(24)23-15(25,16(18,19)20)9-13(22-23)10-5-7-21-8-6-10/h1-8,25H,9H2. The summed E-state index contributed by atoms with van der Waals surface area (Å²) in [5.41, 5.74) is -3.40. The average Bonchev–Trinajstić information content (AvgIpc) is 2.94. The third-order valence-electron chi connectivity index (χ3n) is 3.75. The first-order valence-electron chi connectivity index (χ1n) is 7.10. The van der Waals surface area contributed by atoms with E-state index in [2.05, 4.69) is 10.1 Å². The molecule has 3 rings (SSSR count). The molecule has 1 aliphatic heterocycles. The van der Waals surface area contributed by atoms with Crippen molar-refractivity contribution in [3.63, 3.8) is 0 Å². The maximum Gasteiger partial charge on any atom is 0.438 e. The quantitative estimate of drug-likeness (QED) is 0.883. The lowest BCUT2D eigenvalue weighted by molar-refractivity contribution is -0.297. The fourth-order valence-corrected chi connectivity index (χ4v) is 2.65. The van der Waals surface area contributed by atoms with Gasteiger partial charge in [0.2, 0.25) is 0 Å². The molecular weight excluding hydrogens is 359 g/mol. The highest BCUT2D eigenvalue weighted by Gasteiger charge is 2.63. The molecule has 1 N–H and O–H groups in total. The number of carbonyl (C=O) groups excluding carboxylic acids is 1. The number of aliphatic hydroxyl groups is 1. The van der Waals surface area contributed by atoms with Gasteiger partial charge in [0.1, 0.15) is 0 Å². The zero-order valence-electron chi connectivity index (χ0n) is 12.5. The Hall–Kier alpha value is -2.45. The lowest BCUT2D eigenvalue weighted by Gasteiger charge is -2.32. The van der Waals surface area contributed by atoms with E-state index in [-0.39, 0.29) is 21.3 Å². The van der Waals surface area contributed by atoms with Crippen LogP contribution in [0.1, 0.15) is 22.3 Å². The van der Waals surface area contributed by atoms with Crippen molar-refractivity contribution in [3.8, 4) is 0 Å². The minimum Gasteiger partial charge on any atom is -0.362 e. The molecule has 0 saturated carbocycles. The monoisotopic (exact) mass is 369 g/mol. The summed E-state index contributed by atoms with van der Waals surface area (Å²) in [5.74, 6) is -1.14. The van der Waals surface area contributed by atoms with Crippen LogP contribution in [0.2, 0.25) is 5.02 Å². The number of carbonyl (C=O) groups is 1. The molecule has 1 aromatic heterocycles. The number of hydrogen-bond donors (Lipinski definition) is 1. The van der Waals surface area contributed by atoms with Gasteiger partial charge in [0, 0.05) is 18.0 Å². The van der Waals surface area contributed by atoms with Gasteiger partial charge >= 0.3 is 6.18 Å². The van der Waals surface area contributed by atoms with Gasteiger partial charge < -0.3 is 5.11 Å². The Morgan fingerprint density at radius 2 is 1.84 bits per heavy atom. The van der Waals surface area contributed by atoms with E-state index >= 15 is 0 Å². The number of halogens is 4. The number of hydrazone groups is 1. The summed E-state index contributed by atoms with van der Waals surface area (Å²) in [6, 6.07) is 8.50. The van der Waals surface area contributed by atoms with Crippen LogP contribution in [0.4, 0.5) is 13.2 Å². The first-order valence-corrected chi connectivity index (χ1v) is 7.48. The predicted octanol–water partition coefficient (Wildman–Crippen LogP) is 3.24. The highest BCUT2D eigenvalue weighted by molar-refractivity contribution is 6.33. The average molecular weight is 370 g/mol. The molecule has 0 radical (unpaired) electrons. The minimum atomic E-state index is -5.11. The van der Waals surface area contributed by atoms with E-state index in [1.54, 1.807) is 0 Å². The van der Waals surface area contributed by atoms with Crippen molar-refractivity contribution in [1.82, 2.24) is 9.99 Å². The first-order chi connectivity index (χ1) is 11.7. The second-order valence-electron chi connectivity index (χ2n) is 5.37. The van der Waals surface area contributed by atoms with E-state index in [0.717, 1.165) is 0 Å². The largest absolute Gasteiger partial charge is 0.438 e. The molecule has 1 atom stereocenters. The van der Waals surface area contributed by atoms with Crippen LogP contribution in [-0.4, -0.2) is 38.6 Å². The Morgan fingerprint density at radius 1 is 1.20 bits per heavy atom. The number of rotatable bonds is 2.